The van der Waals surface area contributed by atoms with Gasteiger partial charge in [-0.3, -0.25) is 4.79 Å². The fourth-order valence-electron chi connectivity index (χ4n) is 2.55. The van der Waals surface area contributed by atoms with Gasteiger partial charge in [0.25, 0.3) is 0 Å². The lowest BCUT2D eigenvalue weighted by molar-refractivity contribution is 0.0917. The lowest BCUT2D eigenvalue weighted by Gasteiger charge is -2.21. The lowest BCUT2D eigenvalue weighted by atomic mass is 9.98. The minimum atomic E-state index is 0.0192. The highest BCUT2D eigenvalue weighted by Crippen LogP contribution is 2.29. The summed E-state index contributed by atoms with van der Waals surface area (Å²) in [5.74, 6) is 1.58. The van der Waals surface area contributed by atoms with Crippen molar-refractivity contribution >= 4 is 34.7 Å². The van der Waals surface area contributed by atoms with Crippen molar-refractivity contribution in [2.24, 2.45) is 0 Å². The number of hydrogen-bond donors (Lipinski definition) is 1. The SMILES string of the molecule is CCC(C)c1ccc2c(c1)nc(N)n2C(=O)CCSC(C)(C)CC. The first-order valence-corrected chi connectivity index (χ1v) is 9.72. The molecule has 1 heterocycles. The zero-order valence-electron chi connectivity index (χ0n) is 15.4. The molecule has 0 bridgehead atoms. The molecule has 4 nitrogen and oxygen atoms in total. The third-order valence-corrected chi connectivity index (χ3v) is 6.27. The highest BCUT2D eigenvalue weighted by molar-refractivity contribution is 8.00. The number of carbonyl (C=O) groups is 1. The summed E-state index contributed by atoms with van der Waals surface area (Å²) >= 11 is 1.83. The van der Waals surface area contributed by atoms with Gasteiger partial charge in [0, 0.05) is 16.9 Å². The van der Waals surface area contributed by atoms with Crippen LogP contribution in [0.2, 0.25) is 0 Å². The van der Waals surface area contributed by atoms with E-state index in [4.69, 9.17) is 5.73 Å². The quantitative estimate of drug-likeness (QED) is 0.758. The van der Waals surface area contributed by atoms with Gasteiger partial charge in [-0.05, 0) is 36.5 Å². The largest absolute Gasteiger partial charge is 0.369 e. The maximum absolute atomic E-state index is 12.6. The zero-order chi connectivity index (χ0) is 17.9. The molecule has 0 fully saturated rings. The Morgan fingerprint density at radius 3 is 2.71 bits per heavy atom. The van der Waals surface area contributed by atoms with Crippen LogP contribution in [0.25, 0.3) is 11.0 Å². The number of rotatable bonds is 7. The van der Waals surface area contributed by atoms with E-state index in [1.54, 1.807) is 4.57 Å². The number of benzene rings is 1. The van der Waals surface area contributed by atoms with Gasteiger partial charge in [-0.15, -0.1) is 0 Å². The molecular weight excluding hydrogens is 318 g/mol. The van der Waals surface area contributed by atoms with Crippen LogP contribution in [0, 0.1) is 0 Å². The van der Waals surface area contributed by atoms with Gasteiger partial charge in [0.15, 0.2) is 0 Å². The Balaban J connectivity index is 2.19. The molecule has 2 aromatic rings. The lowest BCUT2D eigenvalue weighted by Crippen LogP contribution is -2.17. The fourth-order valence-corrected chi connectivity index (χ4v) is 3.58. The molecule has 2 N–H and O–H groups in total. The van der Waals surface area contributed by atoms with E-state index < -0.39 is 0 Å². The predicted octanol–water partition coefficient (Wildman–Crippen LogP) is 5.08. The summed E-state index contributed by atoms with van der Waals surface area (Å²) < 4.78 is 1.77. The maximum atomic E-state index is 12.6. The summed E-state index contributed by atoms with van der Waals surface area (Å²) in [6.07, 6.45) is 2.63. The second-order valence-corrected chi connectivity index (χ2v) is 8.77. The third-order valence-electron chi connectivity index (χ3n) is 4.80. The summed E-state index contributed by atoms with van der Waals surface area (Å²) in [6.45, 7) is 10.9. The number of hydrogen-bond acceptors (Lipinski definition) is 4. The molecule has 0 saturated carbocycles. The van der Waals surface area contributed by atoms with Crippen molar-refractivity contribution in [1.82, 2.24) is 9.55 Å². The van der Waals surface area contributed by atoms with Crippen molar-refractivity contribution in [3.63, 3.8) is 0 Å². The van der Waals surface area contributed by atoms with Crippen molar-refractivity contribution < 1.29 is 4.79 Å². The van der Waals surface area contributed by atoms with Gasteiger partial charge in [-0.1, -0.05) is 40.7 Å². The molecule has 1 atom stereocenters. The second-order valence-electron chi connectivity index (χ2n) is 6.97. The van der Waals surface area contributed by atoms with Crippen molar-refractivity contribution in [3.05, 3.63) is 23.8 Å². The Labute approximate surface area is 149 Å². The number of nitrogen functional groups attached to an aromatic ring is 1. The summed E-state index contributed by atoms with van der Waals surface area (Å²) in [5, 5.41) is 0. The first kappa shape index (κ1) is 18.8. The molecule has 1 unspecified atom stereocenters. The maximum Gasteiger partial charge on any atom is 0.234 e. The molecular formula is C19H29N3OS. The van der Waals surface area contributed by atoms with Gasteiger partial charge < -0.3 is 5.73 Å². The van der Waals surface area contributed by atoms with Crippen molar-refractivity contribution in [3.8, 4) is 0 Å². The van der Waals surface area contributed by atoms with Gasteiger partial charge >= 0.3 is 0 Å². The Morgan fingerprint density at radius 1 is 1.38 bits per heavy atom. The van der Waals surface area contributed by atoms with Gasteiger partial charge in [0.1, 0.15) is 0 Å². The summed E-state index contributed by atoms with van der Waals surface area (Å²) in [6, 6.07) is 6.11. The molecule has 132 valence electrons. The Bertz CT molecular complexity index is 721. The molecule has 0 aliphatic carbocycles. The van der Waals surface area contributed by atoms with Crippen molar-refractivity contribution in [1.29, 1.82) is 0 Å². The van der Waals surface area contributed by atoms with Gasteiger partial charge in [0.2, 0.25) is 11.9 Å². The monoisotopic (exact) mass is 347 g/mol. The molecule has 0 radical (unpaired) electrons. The second kappa shape index (κ2) is 7.60. The molecule has 5 heteroatoms. The Kier molecular flexibility index (Phi) is 5.97. The fraction of sp³-hybridized carbons (Fsp3) is 0.579. The van der Waals surface area contributed by atoms with Crippen LogP contribution in [0.5, 0.6) is 0 Å². The first-order valence-electron chi connectivity index (χ1n) is 8.74. The van der Waals surface area contributed by atoms with E-state index in [1.165, 1.54) is 5.56 Å². The average Bonchev–Trinajstić information content (AvgIpc) is 2.88. The van der Waals surface area contributed by atoms with E-state index in [2.05, 4.69) is 51.7 Å². The number of imidazole rings is 1. The summed E-state index contributed by atoms with van der Waals surface area (Å²) in [4.78, 5) is 17.0. The van der Waals surface area contributed by atoms with Gasteiger partial charge in [-0.25, -0.2) is 9.55 Å². The van der Waals surface area contributed by atoms with Crippen molar-refractivity contribution in [2.75, 3.05) is 11.5 Å². The van der Waals surface area contributed by atoms with Crippen LogP contribution < -0.4 is 5.73 Å². The average molecular weight is 348 g/mol. The molecule has 0 spiro atoms. The normalized spacial score (nSPS) is 13.4. The highest BCUT2D eigenvalue weighted by atomic mass is 32.2. The van der Waals surface area contributed by atoms with Crippen LogP contribution in [0.4, 0.5) is 5.95 Å². The Morgan fingerprint density at radius 2 is 2.08 bits per heavy atom. The zero-order valence-corrected chi connectivity index (χ0v) is 16.2. The van der Waals surface area contributed by atoms with E-state index in [-0.39, 0.29) is 16.6 Å². The number of fused-ring (bicyclic) bond motifs is 1. The van der Waals surface area contributed by atoms with Crippen LogP contribution in [0.1, 0.15) is 70.2 Å². The van der Waals surface area contributed by atoms with Crippen LogP contribution >= 0.6 is 11.8 Å². The Hall–Kier alpha value is -1.49. The molecule has 0 saturated heterocycles. The van der Waals surface area contributed by atoms with E-state index >= 15 is 0 Å². The van der Waals surface area contributed by atoms with E-state index in [0.29, 0.717) is 12.3 Å². The predicted molar refractivity (Wildman–Crippen MR) is 105 cm³/mol. The number of anilines is 1. The molecule has 0 aliphatic heterocycles. The van der Waals surface area contributed by atoms with Gasteiger partial charge in [-0.2, -0.15) is 11.8 Å². The first-order chi connectivity index (χ1) is 11.3. The highest BCUT2D eigenvalue weighted by Gasteiger charge is 2.19. The summed E-state index contributed by atoms with van der Waals surface area (Å²) in [7, 11) is 0. The number of nitrogens with two attached hydrogens (primary N) is 1. The molecule has 2 rings (SSSR count). The van der Waals surface area contributed by atoms with E-state index in [9.17, 15) is 4.79 Å². The van der Waals surface area contributed by atoms with E-state index in [1.807, 2.05) is 17.8 Å². The van der Waals surface area contributed by atoms with Crippen LogP contribution in [-0.4, -0.2) is 26.0 Å². The van der Waals surface area contributed by atoms with Crippen LogP contribution in [0.15, 0.2) is 18.2 Å². The number of aromatic nitrogens is 2. The molecule has 24 heavy (non-hydrogen) atoms. The smallest absolute Gasteiger partial charge is 0.234 e. The molecule has 1 aromatic heterocycles. The summed E-state index contributed by atoms with van der Waals surface area (Å²) in [5.41, 5.74) is 8.87. The molecule has 1 aromatic carbocycles. The number of nitrogens with zero attached hydrogens (tertiary/aromatic N) is 2. The van der Waals surface area contributed by atoms with Crippen LogP contribution in [-0.2, 0) is 0 Å². The van der Waals surface area contributed by atoms with Crippen LogP contribution in [0.3, 0.4) is 0 Å². The van der Waals surface area contributed by atoms with Gasteiger partial charge in [0.05, 0.1) is 11.0 Å². The minimum Gasteiger partial charge on any atom is -0.369 e. The van der Waals surface area contributed by atoms with E-state index in [0.717, 1.165) is 29.6 Å². The standard InChI is InChI=1S/C19H29N3OS/c1-6-13(3)14-8-9-16-15(12-14)21-18(20)22(16)17(23)10-11-24-19(4,5)7-2/h8-9,12-13H,6-7,10-11H2,1-5H3,(H2,20,21). The third kappa shape index (κ3) is 4.12. The molecule has 0 amide bonds. The van der Waals surface area contributed by atoms with Crippen molar-refractivity contribution in [2.45, 2.75) is 64.5 Å². The minimum absolute atomic E-state index is 0.0192. The molecule has 0 aliphatic rings. The topological polar surface area (TPSA) is 60.9 Å². The number of carbonyl (C=O) groups excluding carboxylic acids is 1. The number of thioether (sulfide) groups is 1.